The topological polar surface area (TPSA) is 55.4 Å². The molecule has 0 aliphatic heterocycles. The molecule has 0 aromatic heterocycles. The van der Waals surface area contributed by atoms with Crippen molar-refractivity contribution in [3.63, 3.8) is 0 Å². The van der Waals surface area contributed by atoms with Gasteiger partial charge >= 0.3 is 0 Å². The number of hydrogen-bond donors (Lipinski definition) is 0. The first kappa shape index (κ1) is 24.2. The third-order valence-electron chi connectivity index (χ3n) is 3.87. The summed E-state index contributed by atoms with van der Waals surface area (Å²) in [4.78, 5) is 0. The summed E-state index contributed by atoms with van der Waals surface area (Å²) in [6.45, 7) is 8.56. The Bertz CT molecular complexity index is 514. The first-order chi connectivity index (χ1) is 13.7. The van der Waals surface area contributed by atoms with Crippen molar-refractivity contribution in [3.8, 4) is 0 Å². The standard InChI is InChI=1S/C22H34O6/c1-19(17-27-15-13-25-11-9-23-3)21-5-7-22(8-6-21)20(2)18-28-16-14-26-12-10-24-4/h5-8,17-18H,9-16H2,1-4H3/b19-17-,20-18-. The molecule has 6 heteroatoms. The van der Waals surface area contributed by atoms with Crippen LogP contribution in [0.25, 0.3) is 11.1 Å². The van der Waals surface area contributed by atoms with Gasteiger partial charge in [-0.2, -0.15) is 0 Å². The summed E-state index contributed by atoms with van der Waals surface area (Å²) in [7, 11) is 3.31. The van der Waals surface area contributed by atoms with Crippen LogP contribution in [-0.4, -0.2) is 67.1 Å². The van der Waals surface area contributed by atoms with Gasteiger partial charge in [0, 0.05) is 14.2 Å². The van der Waals surface area contributed by atoms with Gasteiger partial charge in [-0.15, -0.1) is 0 Å². The zero-order valence-electron chi connectivity index (χ0n) is 17.6. The molecule has 0 N–H and O–H groups in total. The normalized spacial score (nSPS) is 12.3. The largest absolute Gasteiger partial charge is 0.498 e. The van der Waals surface area contributed by atoms with Crippen LogP contribution in [0.4, 0.5) is 0 Å². The molecule has 1 aromatic carbocycles. The van der Waals surface area contributed by atoms with Crippen molar-refractivity contribution in [1.82, 2.24) is 0 Å². The SMILES string of the molecule is COCCOCCO/C=C(/C)c1ccc(/C(C)=C\OCCOCCOC)cc1. The number of methoxy groups -OCH3 is 2. The van der Waals surface area contributed by atoms with Gasteiger partial charge in [-0.3, -0.25) is 0 Å². The minimum atomic E-state index is 0.521. The molecule has 0 amide bonds. The van der Waals surface area contributed by atoms with E-state index in [2.05, 4.69) is 24.3 Å². The van der Waals surface area contributed by atoms with Gasteiger partial charge < -0.3 is 28.4 Å². The second-order valence-corrected chi connectivity index (χ2v) is 6.13. The number of benzene rings is 1. The van der Waals surface area contributed by atoms with Crippen molar-refractivity contribution < 1.29 is 28.4 Å². The van der Waals surface area contributed by atoms with Crippen LogP contribution >= 0.6 is 0 Å². The number of ether oxygens (including phenoxy) is 6. The highest BCUT2D eigenvalue weighted by Crippen LogP contribution is 2.19. The summed E-state index contributed by atoms with van der Waals surface area (Å²) in [5.74, 6) is 0. The molecule has 0 saturated heterocycles. The first-order valence-corrected chi connectivity index (χ1v) is 9.50. The highest BCUT2D eigenvalue weighted by Gasteiger charge is 2.00. The molecule has 6 nitrogen and oxygen atoms in total. The molecule has 0 aliphatic carbocycles. The van der Waals surface area contributed by atoms with Crippen LogP contribution in [0.3, 0.4) is 0 Å². The van der Waals surface area contributed by atoms with E-state index in [4.69, 9.17) is 28.4 Å². The molecular weight excluding hydrogens is 360 g/mol. The molecular formula is C22H34O6. The average Bonchev–Trinajstić information content (AvgIpc) is 2.72. The molecule has 0 bridgehead atoms. The second kappa shape index (κ2) is 16.1. The highest BCUT2D eigenvalue weighted by molar-refractivity contribution is 5.68. The third-order valence-corrected chi connectivity index (χ3v) is 3.87. The Kier molecular flexibility index (Phi) is 13.9. The molecule has 28 heavy (non-hydrogen) atoms. The van der Waals surface area contributed by atoms with Crippen LogP contribution in [0.1, 0.15) is 25.0 Å². The van der Waals surface area contributed by atoms with Crippen LogP contribution in [0, 0.1) is 0 Å². The fourth-order valence-corrected chi connectivity index (χ4v) is 2.20. The lowest BCUT2D eigenvalue weighted by Gasteiger charge is -2.08. The molecule has 0 radical (unpaired) electrons. The van der Waals surface area contributed by atoms with Gasteiger partial charge in [0.25, 0.3) is 0 Å². The Balaban J connectivity index is 2.34. The minimum Gasteiger partial charge on any atom is -0.498 e. The molecule has 0 fully saturated rings. The van der Waals surface area contributed by atoms with E-state index in [0.717, 1.165) is 22.3 Å². The van der Waals surface area contributed by atoms with Crippen LogP contribution < -0.4 is 0 Å². The zero-order valence-corrected chi connectivity index (χ0v) is 17.6. The van der Waals surface area contributed by atoms with Crippen LogP contribution in [0.5, 0.6) is 0 Å². The van der Waals surface area contributed by atoms with E-state index in [-0.39, 0.29) is 0 Å². The van der Waals surface area contributed by atoms with Gasteiger partial charge in [-0.1, -0.05) is 24.3 Å². The van der Waals surface area contributed by atoms with E-state index >= 15 is 0 Å². The van der Waals surface area contributed by atoms with Crippen LogP contribution in [0.2, 0.25) is 0 Å². The Hall–Kier alpha value is -1.86. The molecule has 1 rings (SSSR count). The van der Waals surface area contributed by atoms with Gasteiger partial charge in [-0.25, -0.2) is 0 Å². The van der Waals surface area contributed by atoms with Crippen molar-refractivity contribution in [1.29, 1.82) is 0 Å². The lowest BCUT2D eigenvalue weighted by Crippen LogP contribution is -2.06. The molecule has 0 atom stereocenters. The van der Waals surface area contributed by atoms with Crippen molar-refractivity contribution in [2.24, 2.45) is 0 Å². The quantitative estimate of drug-likeness (QED) is 0.314. The van der Waals surface area contributed by atoms with Crippen molar-refractivity contribution in [2.45, 2.75) is 13.8 Å². The van der Waals surface area contributed by atoms with E-state index in [1.807, 2.05) is 13.8 Å². The van der Waals surface area contributed by atoms with Crippen LogP contribution in [-0.2, 0) is 28.4 Å². The summed E-state index contributed by atoms with van der Waals surface area (Å²) in [6.07, 6.45) is 3.54. The van der Waals surface area contributed by atoms with Crippen molar-refractivity contribution >= 4 is 11.1 Å². The van der Waals surface area contributed by atoms with Gasteiger partial charge in [-0.05, 0) is 36.1 Å². The maximum atomic E-state index is 5.53. The Morgan fingerprint density at radius 2 is 0.964 bits per heavy atom. The van der Waals surface area contributed by atoms with Gasteiger partial charge in [0.2, 0.25) is 0 Å². The summed E-state index contributed by atoms with van der Waals surface area (Å²) < 4.78 is 31.6. The lowest BCUT2D eigenvalue weighted by atomic mass is 10.0. The summed E-state index contributed by atoms with van der Waals surface area (Å²) in [6, 6.07) is 8.30. The molecule has 0 saturated carbocycles. The second-order valence-electron chi connectivity index (χ2n) is 6.13. The molecule has 1 aromatic rings. The Morgan fingerprint density at radius 1 is 0.607 bits per heavy atom. The van der Waals surface area contributed by atoms with E-state index in [1.54, 1.807) is 26.7 Å². The predicted molar refractivity (Wildman–Crippen MR) is 111 cm³/mol. The van der Waals surface area contributed by atoms with Gasteiger partial charge in [0.05, 0.1) is 52.2 Å². The van der Waals surface area contributed by atoms with Gasteiger partial charge in [0.1, 0.15) is 13.2 Å². The molecule has 0 unspecified atom stereocenters. The first-order valence-electron chi connectivity index (χ1n) is 9.50. The summed E-state index contributed by atoms with van der Waals surface area (Å²) in [5.41, 5.74) is 4.36. The monoisotopic (exact) mass is 394 g/mol. The Labute approximate surface area is 169 Å². The number of rotatable bonds is 16. The van der Waals surface area contributed by atoms with E-state index in [0.29, 0.717) is 52.9 Å². The molecule has 0 aliphatic rings. The molecule has 0 heterocycles. The smallest absolute Gasteiger partial charge is 0.111 e. The van der Waals surface area contributed by atoms with Crippen LogP contribution in [0.15, 0.2) is 36.8 Å². The maximum Gasteiger partial charge on any atom is 0.111 e. The average molecular weight is 395 g/mol. The number of hydrogen-bond acceptors (Lipinski definition) is 6. The van der Waals surface area contributed by atoms with E-state index in [9.17, 15) is 0 Å². The van der Waals surface area contributed by atoms with Crippen molar-refractivity contribution in [2.75, 3.05) is 67.1 Å². The zero-order chi connectivity index (χ0) is 20.5. The molecule has 0 spiro atoms. The summed E-state index contributed by atoms with van der Waals surface area (Å²) in [5, 5.41) is 0. The van der Waals surface area contributed by atoms with E-state index < -0.39 is 0 Å². The van der Waals surface area contributed by atoms with Crippen molar-refractivity contribution in [3.05, 3.63) is 47.9 Å². The summed E-state index contributed by atoms with van der Waals surface area (Å²) >= 11 is 0. The highest BCUT2D eigenvalue weighted by atomic mass is 16.5. The number of allylic oxidation sites excluding steroid dienone is 2. The minimum absolute atomic E-state index is 0.521. The molecule has 158 valence electrons. The maximum absolute atomic E-state index is 5.53. The fraction of sp³-hybridized carbons (Fsp3) is 0.545. The fourth-order valence-electron chi connectivity index (χ4n) is 2.20. The Morgan fingerprint density at radius 3 is 1.32 bits per heavy atom. The third kappa shape index (κ3) is 11.1. The predicted octanol–water partition coefficient (Wildman–Crippen LogP) is 3.77. The lowest BCUT2D eigenvalue weighted by molar-refractivity contribution is 0.0465. The van der Waals surface area contributed by atoms with E-state index in [1.165, 1.54) is 0 Å². The van der Waals surface area contributed by atoms with Gasteiger partial charge in [0.15, 0.2) is 0 Å².